The number of hydrogen-bond acceptors (Lipinski definition) is 4. The van der Waals surface area contributed by atoms with Crippen molar-refractivity contribution in [2.75, 3.05) is 0 Å². The lowest BCUT2D eigenvalue weighted by atomic mass is 9.78. The van der Waals surface area contributed by atoms with Gasteiger partial charge in [-0.2, -0.15) is 0 Å². The molecule has 3 rings (SSSR count). The van der Waals surface area contributed by atoms with Gasteiger partial charge in [0.1, 0.15) is 0 Å². The van der Waals surface area contributed by atoms with E-state index in [9.17, 15) is 0 Å². The van der Waals surface area contributed by atoms with Crippen molar-refractivity contribution in [1.82, 2.24) is 9.97 Å². The molecule has 1 aliphatic rings. The third-order valence-electron chi connectivity index (χ3n) is 4.65. The van der Waals surface area contributed by atoms with Gasteiger partial charge in [-0.25, -0.2) is 0 Å². The molecule has 0 atom stereocenters. The Morgan fingerprint density at radius 2 is 1.43 bits per heavy atom. The molecule has 0 bridgehead atoms. The van der Waals surface area contributed by atoms with Crippen LogP contribution in [-0.4, -0.2) is 28.3 Å². The molecule has 0 saturated carbocycles. The van der Waals surface area contributed by atoms with E-state index in [1.54, 1.807) is 0 Å². The Kier molecular flexibility index (Phi) is 3.81. The molecular formula is C18H23BN2O2. The summed E-state index contributed by atoms with van der Waals surface area (Å²) in [7, 11) is -0.384. The molecule has 0 unspecified atom stereocenters. The van der Waals surface area contributed by atoms with Gasteiger partial charge in [-0.1, -0.05) is 6.07 Å². The summed E-state index contributed by atoms with van der Waals surface area (Å²) in [6.07, 6.45) is 0. The zero-order valence-corrected chi connectivity index (χ0v) is 14.7. The highest BCUT2D eigenvalue weighted by molar-refractivity contribution is 6.62. The molecule has 0 aliphatic carbocycles. The highest BCUT2D eigenvalue weighted by Crippen LogP contribution is 2.36. The van der Waals surface area contributed by atoms with Crippen molar-refractivity contribution < 1.29 is 9.31 Å². The Balaban J connectivity index is 1.99. The summed E-state index contributed by atoms with van der Waals surface area (Å²) in [5, 5.41) is 0. The lowest BCUT2D eigenvalue weighted by molar-refractivity contribution is 0.00578. The minimum absolute atomic E-state index is 0.351. The minimum atomic E-state index is -0.384. The van der Waals surface area contributed by atoms with Gasteiger partial charge in [0.25, 0.3) is 0 Å². The SMILES string of the molecule is Cc1cccc(-c2cc(B3OC(C)(C)C(C)(C)O3)cc(C)n2)n1. The normalized spacial score (nSPS) is 19.1. The van der Waals surface area contributed by atoms with Gasteiger partial charge >= 0.3 is 7.12 Å². The number of rotatable bonds is 2. The van der Waals surface area contributed by atoms with Gasteiger partial charge in [-0.3, -0.25) is 9.97 Å². The first kappa shape index (κ1) is 16.2. The van der Waals surface area contributed by atoms with Gasteiger partial charge in [0.15, 0.2) is 0 Å². The van der Waals surface area contributed by atoms with Crippen LogP contribution >= 0.6 is 0 Å². The fourth-order valence-electron chi connectivity index (χ4n) is 2.63. The predicted molar refractivity (Wildman–Crippen MR) is 92.7 cm³/mol. The monoisotopic (exact) mass is 310 g/mol. The summed E-state index contributed by atoms with van der Waals surface area (Å²) >= 11 is 0. The zero-order valence-electron chi connectivity index (χ0n) is 14.7. The number of aromatic nitrogens is 2. The topological polar surface area (TPSA) is 44.2 Å². The second-order valence-electron chi connectivity index (χ2n) is 7.18. The quantitative estimate of drug-likeness (QED) is 0.800. The number of hydrogen-bond donors (Lipinski definition) is 0. The minimum Gasteiger partial charge on any atom is -0.399 e. The maximum atomic E-state index is 6.15. The zero-order chi connectivity index (χ0) is 16.8. The molecule has 5 heteroatoms. The molecule has 120 valence electrons. The molecule has 4 nitrogen and oxygen atoms in total. The lowest BCUT2D eigenvalue weighted by Crippen LogP contribution is -2.41. The van der Waals surface area contributed by atoms with Crippen molar-refractivity contribution in [2.24, 2.45) is 0 Å². The largest absolute Gasteiger partial charge is 0.494 e. The summed E-state index contributed by atoms with van der Waals surface area (Å²) in [6.45, 7) is 12.2. The van der Waals surface area contributed by atoms with Crippen LogP contribution in [0, 0.1) is 13.8 Å². The van der Waals surface area contributed by atoms with Crippen LogP contribution < -0.4 is 5.46 Å². The summed E-state index contributed by atoms with van der Waals surface area (Å²) in [4.78, 5) is 9.18. The molecule has 0 aromatic carbocycles. The third-order valence-corrected chi connectivity index (χ3v) is 4.65. The summed E-state index contributed by atoms with van der Waals surface area (Å²) in [5.74, 6) is 0. The molecule has 0 amide bonds. The Labute approximate surface area is 138 Å². The van der Waals surface area contributed by atoms with Gasteiger partial charge < -0.3 is 9.31 Å². The second-order valence-corrected chi connectivity index (χ2v) is 7.18. The molecule has 2 aromatic heterocycles. The second kappa shape index (κ2) is 5.43. The molecule has 23 heavy (non-hydrogen) atoms. The van der Waals surface area contributed by atoms with Crippen LogP contribution in [0.4, 0.5) is 0 Å². The van der Waals surface area contributed by atoms with Crippen molar-refractivity contribution in [2.45, 2.75) is 52.7 Å². The highest BCUT2D eigenvalue weighted by Gasteiger charge is 2.51. The molecular weight excluding hydrogens is 287 g/mol. The Morgan fingerprint density at radius 1 is 0.826 bits per heavy atom. The van der Waals surface area contributed by atoms with E-state index in [1.807, 2.05) is 44.2 Å². The Morgan fingerprint density at radius 3 is 2.04 bits per heavy atom. The molecule has 0 radical (unpaired) electrons. The molecule has 1 fully saturated rings. The summed E-state index contributed by atoms with van der Waals surface area (Å²) in [6, 6.07) is 9.98. The molecule has 1 saturated heterocycles. The van der Waals surface area contributed by atoms with Crippen molar-refractivity contribution in [1.29, 1.82) is 0 Å². The van der Waals surface area contributed by atoms with Crippen LogP contribution in [0.3, 0.4) is 0 Å². The maximum absolute atomic E-state index is 6.15. The van der Waals surface area contributed by atoms with Gasteiger partial charge in [-0.05, 0) is 71.3 Å². The van der Waals surface area contributed by atoms with Crippen LogP contribution in [0.1, 0.15) is 39.1 Å². The van der Waals surface area contributed by atoms with E-state index < -0.39 is 0 Å². The van der Waals surface area contributed by atoms with Gasteiger partial charge in [0, 0.05) is 11.4 Å². The van der Waals surface area contributed by atoms with E-state index in [2.05, 4.69) is 37.7 Å². The van der Waals surface area contributed by atoms with E-state index in [-0.39, 0.29) is 18.3 Å². The molecule has 0 spiro atoms. The van der Waals surface area contributed by atoms with E-state index >= 15 is 0 Å². The maximum Gasteiger partial charge on any atom is 0.494 e. The van der Waals surface area contributed by atoms with Crippen LogP contribution in [0.25, 0.3) is 11.4 Å². The van der Waals surface area contributed by atoms with E-state index in [0.717, 1.165) is 28.2 Å². The van der Waals surface area contributed by atoms with Crippen molar-refractivity contribution in [3.63, 3.8) is 0 Å². The fourth-order valence-corrected chi connectivity index (χ4v) is 2.63. The van der Waals surface area contributed by atoms with Crippen LogP contribution in [0.15, 0.2) is 30.3 Å². The van der Waals surface area contributed by atoms with E-state index in [1.165, 1.54) is 0 Å². The molecule has 0 N–H and O–H groups in total. The van der Waals surface area contributed by atoms with Crippen molar-refractivity contribution >= 4 is 12.6 Å². The first-order valence-electron chi connectivity index (χ1n) is 7.96. The molecule has 3 heterocycles. The summed E-state index contributed by atoms with van der Waals surface area (Å²) in [5.41, 5.74) is 3.89. The van der Waals surface area contributed by atoms with E-state index in [0.29, 0.717) is 0 Å². The molecule has 1 aliphatic heterocycles. The standard InChI is InChI=1S/C18H23BN2O2/c1-12-8-7-9-15(20-12)16-11-14(10-13(2)21-16)19-22-17(3,4)18(5,6)23-19/h7-11H,1-6H3. The smallest absolute Gasteiger partial charge is 0.399 e. The van der Waals surface area contributed by atoms with E-state index in [4.69, 9.17) is 9.31 Å². The van der Waals surface area contributed by atoms with Crippen molar-refractivity contribution in [3.8, 4) is 11.4 Å². The Bertz CT molecular complexity index is 728. The third kappa shape index (κ3) is 3.03. The predicted octanol–water partition coefficient (Wildman–Crippen LogP) is 3.06. The average molecular weight is 310 g/mol. The lowest BCUT2D eigenvalue weighted by Gasteiger charge is -2.32. The first-order valence-corrected chi connectivity index (χ1v) is 7.96. The molecule has 2 aromatic rings. The first-order chi connectivity index (χ1) is 10.7. The number of pyridine rings is 2. The van der Waals surface area contributed by atoms with Gasteiger partial charge in [0.05, 0.1) is 22.6 Å². The highest BCUT2D eigenvalue weighted by atomic mass is 16.7. The van der Waals surface area contributed by atoms with Gasteiger partial charge in [0.2, 0.25) is 0 Å². The van der Waals surface area contributed by atoms with Gasteiger partial charge in [-0.15, -0.1) is 0 Å². The van der Waals surface area contributed by atoms with Crippen LogP contribution in [0.2, 0.25) is 0 Å². The van der Waals surface area contributed by atoms with Crippen molar-refractivity contribution in [3.05, 3.63) is 41.7 Å². The summed E-state index contributed by atoms with van der Waals surface area (Å²) < 4.78 is 12.3. The average Bonchev–Trinajstić information content (AvgIpc) is 2.67. The van der Waals surface area contributed by atoms with Crippen LogP contribution in [0.5, 0.6) is 0 Å². The van der Waals surface area contributed by atoms with Crippen LogP contribution in [-0.2, 0) is 9.31 Å². The fraction of sp³-hybridized carbons (Fsp3) is 0.444. The number of aryl methyl sites for hydroxylation is 2. The Hall–Kier alpha value is -1.72. The number of nitrogens with zero attached hydrogens (tertiary/aromatic N) is 2.